The third-order valence-electron chi connectivity index (χ3n) is 3.37. The summed E-state index contributed by atoms with van der Waals surface area (Å²) in [5, 5.41) is 3.25. The van der Waals surface area contributed by atoms with Crippen LogP contribution in [-0.2, 0) is 0 Å². The van der Waals surface area contributed by atoms with Gasteiger partial charge in [0.1, 0.15) is 0 Å². The van der Waals surface area contributed by atoms with Gasteiger partial charge in [-0.2, -0.15) is 0 Å². The molecule has 1 aromatic heterocycles. The number of nitrogens with two attached hydrogens (primary N) is 1. The highest BCUT2D eigenvalue weighted by Gasteiger charge is 2.08. The number of benzene rings is 2. The summed E-state index contributed by atoms with van der Waals surface area (Å²) in [5.41, 5.74) is 8.42. The molecule has 3 rings (SSSR count). The Hall–Kier alpha value is -1.91. The van der Waals surface area contributed by atoms with Crippen molar-refractivity contribution in [3.63, 3.8) is 0 Å². The van der Waals surface area contributed by atoms with E-state index in [0.29, 0.717) is 0 Å². The first-order chi connectivity index (χ1) is 10.2. The smallest absolute Gasteiger partial charge is 0.187 e. The molecular formula is C17H17N3S. The molecular weight excluding hydrogens is 278 g/mol. The Labute approximate surface area is 128 Å². The van der Waals surface area contributed by atoms with Crippen molar-refractivity contribution in [1.82, 2.24) is 9.97 Å². The Morgan fingerprint density at radius 1 is 1.10 bits per heavy atom. The molecule has 0 aliphatic carbocycles. The lowest BCUT2D eigenvalue weighted by molar-refractivity contribution is 0.826. The predicted molar refractivity (Wildman–Crippen MR) is 88.4 cm³/mol. The molecule has 1 heterocycles. The van der Waals surface area contributed by atoms with Gasteiger partial charge in [0, 0.05) is 23.7 Å². The van der Waals surface area contributed by atoms with Crippen LogP contribution >= 0.6 is 11.8 Å². The highest BCUT2D eigenvalue weighted by atomic mass is 32.2. The van der Waals surface area contributed by atoms with Crippen LogP contribution < -0.4 is 5.73 Å². The van der Waals surface area contributed by atoms with Crippen molar-refractivity contribution in [3.05, 3.63) is 66.0 Å². The molecule has 3 aromatic rings. The monoisotopic (exact) mass is 295 g/mol. The molecule has 0 spiro atoms. The number of nitrogens with zero attached hydrogens (tertiary/aromatic N) is 2. The molecule has 2 N–H and O–H groups in total. The van der Waals surface area contributed by atoms with Gasteiger partial charge < -0.3 is 5.73 Å². The lowest BCUT2D eigenvalue weighted by Crippen LogP contribution is -2.13. The fourth-order valence-electron chi connectivity index (χ4n) is 2.19. The first-order valence-electron chi connectivity index (χ1n) is 6.89. The Balaban J connectivity index is 1.73. The topological polar surface area (TPSA) is 51.8 Å². The summed E-state index contributed by atoms with van der Waals surface area (Å²) < 4.78 is 0. The SMILES string of the molecule is Cc1ccnc(SCC(N)c2ccc3ccccc3c2)n1. The normalized spacial score (nSPS) is 12.5. The van der Waals surface area contributed by atoms with E-state index in [2.05, 4.69) is 40.3 Å². The molecule has 0 bridgehead atoms. The highest BCUT2D eigenvalue weighted by molar-refractivity contribution is 7.99. The average Bonchev–Trinajstić information content (AvgIpc) is 2.52. The van der Waals surface area contributed by atoms with Crippen molar-refractivity contribution in [3.8, 4) is 0 Å². The van der Waals surface area contributed by atoms with E-state index in [4.69, 9.17) is 5.73 Å². The van der Waals surface area contributed by atoms with Crippen LogP contribution in [-0.4, -0.2) is 15.7 Å². The summed E-state index contributed by atoms with van der Waals surface area (Å²) in [6.45, 7) is 1.97. The van der Waals surface area contributed by atoms with Gasteiger partial charge in [-0.3, -0.25) is 0 Å². The van der Waals surface area contributed by atoms with E-state index in [-0.39, 0.29) is 6.04 Å². The van der Waals surface area contributed by atoms with Gasteiger partial charge in [0.05, 0.1) is 0 Å². The predicted octanol–water partition coefficient (Wildman–Crippen LogP) is 3.73. The van der Waals surface area contributed by atoms with Gasteiger partial charge in [-0.05, 0) is 35.4 Å². The molecule has 21 heavy (non-hydrogen) atoms. The van der Waals surface area contributed by atoms with Crippen LogP contribution in [0.1, 0.15) is 17.3 Å². The zero-order valence-corrected chi connectivity index (χ0v) is 12.7. The fourth-order valence-corrected chi connectivity index (χ4v) is 3.06. The maximum atomic E-state index is 6.30. The van der Waals surface area contributed by atoms with Gasteiger partial charge >= 0.3 is 0 Å². The van der Waals surface area contributed by atoms with E-state index in [1.54, 1.807) is 18.0 Å². The summed E-state index contributed by atoms with van der Waals surface area (Å²) in [5.74, 6) is 0.766. The van der Waals surface area contributed by atoms with Crippen LogP contribution in [0.5, 0.6) is 0 Å². The van der Waals surface area contributed by atoms with Gasteiger partial charge in [0.25, 0.3) is 0 Å². The Bertz CT molecular complexity index is 758. The van der Waals surface area contributed by atoms with Gasteiger partial charge in [-0.1, -0.05) is 48.2 Å². The molecule has 0 aliphatic rings. The second-order valence-electron chi connectivity index (χ2n) is 5.00. The molecule has 1 atom stereocenters. The van der Waals surface area contributed by atoms with Crippen molar-refractivity contribution in [2.24, 2.45) is 5.73 Å². The van der Waals surface area contributed by atoms with E-state index >= 15 is 0 Å². The minimum Gasteiger partial charge on any atom is -0.323 e. The maximum absolute atomic E-state index is 6.30. The van der Waals surface area contributed by atoms with Gasteiger partial charge in [0.15, 0.2) is 5.16 Å². The molecule has 4 heteroatoms. The van der Waals surface area contributed by atoms with Gasteiger partial charge in [-0.25, -0.2) is 9.97 Å². The lowest BCUT2D eigenvalue weighted by Gasteiger charge is -2.12. The van der Waals surface area contributed by atoms with Crippen LogP contribution in [0, 0.1) is 6.92 Å². The van der Waals surface area contributed by atoms with E-state index < -0.39 is 0 Å². The first kappa shape index (κ1) is 14.0. The first-order valence-corrected chi connectivity index (χ1v) is 7.88. The van der Waals surface area contributed by atoms with Crippen molar-refractivity contribution in [1.29, 1.82) is 0 Å². The molecule has 1 unspecified atom stereocenters. The largest absolute Gasteiger partial charge is 0.323 e. The molecule has 3 nitrogen and oxygen atoms in total. The summed E-state index contributed by atoms with van der Waals surface area (Å²) in [6.07, 6.45) is 1.78. The van der Waals surface area contributed by atoms with Crippen molar-refractivity contribution in [2.75, 3.05) is 5.75 Å². The second-order valence-corrected chi connectivity index (χ2v) is 5.99. The Morgan fingerprint density at radius 2 is 1.90 bits per heavy atom. The van der Waals surface area contributed by atoms with Crippen molar-refractivity contribution < 1.29 is 0 Å². The molecule has 0 saturated heterocycles. The molecule has 0 saturated carbocycles. The average molecular weight is 295 g/mol. The minimum atomic E-state index is -0.0243. The Kier molecular flexibility index (Phi) is 4.18. The molecule has 0 amide bonds. The number of aromatic nitrogens is 2. The van der Waals surface area contributed by atoms with E-state index in [1.807, 2.05) is 25.1 Å². The van der Waals surface area contributed by atoms with Crippen LogP contribution in [0.2, 0.25) is 0 Å². The summed E-state index contributed by atoms with van der Waals surface area (Å²) in [6, 6.07) is 16.6. The molecule has 2 aromatic carbocycles. The number of aryl methyl sites for hydroxylation is 1. The fraction of sp³-hybridized carbons (Fsp3) is 0.176. The second kappa shape index (κ2) is 6.24. The number of hydrogen-bond acceptors (Lipinski definition) is 4. The van der Waals surface area contributed by atoms with Crippen LogP contribution in [0.25, 0.3) is 10.8 Å². The summed E-state index contributed by atoms with van der Waals surface area (Å²) in [4.78, 5) is 8.64. The molecule has 0 fully saturated rings. The van der Waals surface area contributed by atoms with Gasteiger partial charge in [0.2, 0.25) is 0 Å². The zero-order chi connectivity index (χ0) is 14.7. The van der Waals surface area contributed by atoms with E-state index in [1.165, 1.54) is 10.8 Å². The molecule has 106 valence electrons. The van der Waals surface area contributed by atoms with Crippen molar-refractivity contribution >= 4 is 22.5 Å². The van der Waals surface area contributed by atoms with E-state index in [0.717, 1.165) is 22.2 Å². The third kappa shape index (κ3) is 3.40. The minimum absolute atomic E-state index is 0.0243. The maximum Gasteiger partial charge on any atom is 0.187 e. The zero-order valence-electron chi connectivity index (χ0n) is 11.9. The summed E-state index contributed by atoms with van der Waals surface area (Å²) in [7, 11) is 0. The van der Waals surface area contributed by atoms with Crippen LogP contribution in [0.3, 0.4) is 0 Å². The van der Waals surface area contributed by atoms with Crippen LogP contribution in [0.4, 0.5) is 0 Å². The van der Waals surface area contributed by atoms with Gasteiger partial charge in [-0.15, -0.1) is 0 Å². The lowest BCUT2D eigenvalue weighted by atomic mass is 10.0. The van der Waals surface area contributed by atoms with Crippen LogP contribution in [0.15, 0.2) is 59.9 Å². The van der Waals surface area contributed by atoms with Crippen molar-refractivity contribution in [2.45, 2.75) is 18.1 Å². The quantitative estimate of drug-likeness (QED) is 0.588. The summed E-state index contributed by atoms with van der Waals surface area (Å²) >= 11 is 1.60. The number of rotatable bonds is 4. The molecule has 0 radical (unpaired) electrons. The number of fused-ring (bicyclic) bond motifs is 1. The molecule has 0 aliphatic heterocycles. The standard InChI is InChI=1S/C17H17N3S/c1-12-8-9-19-17(20-12)21-11-16(18)15-7-6-13-4-2-3-5-14(13)10-15/h2-10,16H,11,18H2,1H3. The Morgan fingerprint density at radius 3 is 2.71 bits per heavy atom. The highest BCUT2D eigenvalue weighted by Crippen LogP contribution is 2.23. The number of hydrogen-bond donors (Lipinski definition) is 1. The third-order valence-corrected chi connectivity index (χ3v) is 4.35. The number of thioether (sulfide) groups is 1. The van der Waals surface area contributed by atoms with E-state index in [9.17, 15) is 0 Å².